The van der Waals surface area contributed by atoms with Gasteiger partial charge in [0.25, 0.3) is 0 Å². The van der Waals surface area contributed by atoms with Crippen LogP contribution in [0.3, 0.4) is 0 Å². The maximum atomic E-state index is 12.2. The quantitative estimate of drug-likeness (QED) is 0.668. The predicted molar refractivity (Wildman–Crippen MR) is 107 cm³/mol. The Labute approximate surface area is 153 Å². The fourth-order valence-corrected chi connectivity index (χ4v) is 3.60. The number of anilines is 1. The van der Waals surface area contributed by atoms with E-state index in [0.29, 0.717) is 6.42 Å². The Balaban J connectivity index is 1.46. The second-order valence-corrected chi connectivity index (χ2v) is 6.91. The van der Waals surface area contributed by atoms with Crippen LogP contribution in [0.1, 0.15) is 29.7 Å². The van der Waals surface area contributed by atoms with Gasteiger partial charge in [-0.05, 0) is 48.6 Å². The largest absolute Gasteiger partial charge is 0.358 e. The molecular weight excluding hydrogens is 322 g/mol. The first-order valence-corrected chi connectivity index (χ1v) is 9.09. The van der Waals surface area contributed by atoms with E-state index in [9.17, 15) is 4.79 Å². The molecule has 26 heavy (non-hydrogen) atoms. The highest BCUT2D eigenvalue weighted by atomic mass is 16.1. The van der Waals surface area contributed by atoms with E-state index in [-0.39, 0.29) is 11.9 Å². The lowest BCUT2D eigenvalue weighted by atomic mass is 9.92. The molecule has 1 aliphatic carbocycles. The first-order chi connectivity index (χ1) is 12.7. The van der Waals surface area contributed by atoms with Crippen LogP contribution < -0.4 is 11.1 Å². The number of nitrogens with one attached hydrogen (secondary N) is 2. The number of aromatic nitrogens is 1. The van der Waals surface area contributed by atoms with Gasteiger partial charge in [-0.2, -0.15) is 0 Å². The van der Waals surface area contributed by atoms with E-state index in [1.54, 1.807) is 0 Å². The van der Waals surface area contributed by atoms with Crippen molar-refractivity contribution in [3.05, 3.63) is 71.4 Å². The third-order valence-corrected chi connectivity index (χ3v) is 4.92. The van der Waals surface area contributed by atoms with Crippen molar-refractivity contribution in [1.29, 1.82) is 0 Å². The van der Waals surface area contributed by atoms with Crippen molar-refractivity contribution in [3.8, 4) is 0 Å². The van der Waals surface area contributed by atoms with Crippen molar-refractivity contribution < 1.29 is 4.79 Å². The monoisotopic (exact) mass is 345 g/mol. The van der Waals surface area contributed by atoms with Crippen LogP contribution in [-0.2, 0) is 17.6 Å². The maximum Gasteiger partial charge on any atom is 0.228 e. The molecule has 0 fully saturated rings. The van der Waals surface area contributed by atoms with E-state index in [4.69, 9.17) is 5.73 Å². The number of aromatic amines is 1. The van der Waals surface area contributed by atoms with Gasteiger partial charge in [0.05, 0.1) is 0 Å². The molecule has 1 amide bonds. The summed E-state index contributed by atoms with van der Waals surface area (Å²) in [7, 11) is 0. The summed E-state index contributed by atoms with van der Waals surface area (Å²) in [6.07, 6.45) is 7.12. The van der Waals surface area contributed by atoms with E-state index in [1.165, 1.54) is 16.6 Å². The van der Waals surface area contributed by atoms with E-state index in [2.05, 4.69) is 16.4 Å². The van der Waals surface area contributed by atoms with Gasteiger partial charge < -0.3 is 16.0 Å². The molecule has 0 aliphatic heterocycles. The van der Waals surface area contributed by atoms with Gasteiger partial charge in [-0.1, -0.05) is 42.5 Å². The minimum absolute atomic E-state index is 0.0161. The van der Waals surface area contributed by atoms with Crippen LogP contribution in [0, 0.1) is 0 Å². The summed E-state index contributed by atoms with van der Waals surface area (Å²) in [5, 5.41) is 4.17. The van der Waals surface area contributed by atoms with Gasteiger partial charge in [0, 0.05) is 34.7 Å². The molecule has 4 N–H and O–H groups in total. The van der Waals surface area contributed by atoms with E-state index >= 15 is 0 Å². The number of H-pyrrole nitrogens is 1. The fraction of sp³-hybridized carbons (Fsp3) is 0.227. The van der Waals surface area contributed by atoms with Gasteiger partial charge in [0.2, 0.25) is 5.91 Å². The van der Waals surface area contributed by atoms with Crippen LogP contribution in [0.4, 0.5) is 5.69 Å². The lowest BCUT2D eigenvalue weighted by Gasteiger charge is -2.18. The van der Waals surface area contributed by atoms with E-state index in [1.807, 2.05) is 54.6 Å². The van der Waals surface area contributed by atoms with Crippen molar-refractivity contribution in [2.24, 2.45) is 5.73 Å². The number of nitrogens with two attached hydrogens (primary N) is 1. The Morgan fingerprint density at radius 3 is 2.92 bits per heavy atom. The Morgan fingerprint density at radius 2 is 2.08 bits per heavy atom. The summed E-state index contributed by atoms with van der Waals surface area (Å²) >= 11 is 0. The maximum absolute atomic E-state index is 12.2. The van der Waals surface area contributed by atoms with Gasteiger partial charge in [-0.3, -0.25) is 4.79 Å². The highest BCUT2D eigenvalue weighted by Crippen LogP contribution is 2.30. The molecule has 4 rings (SSSR count). The Morgan fingerprint density at radius 1 is 1.23 bits per heavy atom. The van der Waals surface area contributed by atoms with Crippen LogP contribution >= 0.6 is 0 Å². The molecule has 1 aliphatic rings. The van der Waals surface area contributed by atoms with Crippen LogP contribution in [-0.4, -0.2) is 16.9 Å². The molecule has 1 atom stereocenters. The predicted octanol–water partition coefficient (Wildman–Crippen LogP) is 4.03. The molecule has 1 unspecified atom stereocenters. The molecule has 3 aromatic rings. The number of aryl methyl sites for hydroxylation is 1. The average molecular weight is 345 g/mol. The van der Waals surface area contributed by atoms with Gasteiger partial charge in [-0.25, -0.2) is 0 Å². The minimum Gasteiger partial charge on any atom is -0.358 e. The highest BCUT2D eigenvalue weighted by Gasteiger charge is 2.20. The summed E-state index contributed by atoms with van der Waals surface area (Å²) in [6.45, 7) is 0. The first kappa shape index (κ1) is 16.6. The molecule has 132 valence electrons. The molecule has 0 radical (unpaired) electrons. The zero-order valence-electron chi connectivity index (χ0n) is 14.7. The summed E-state index contributed by atoms with van der Waals surface area (Å²) in [5.74, 6) is -0.0161. The van der Waals surface area contributed by atoms with Crippen LogP contribution in [0.25, 0.3) is 17.0 Å². The van der Waals surface area contributed by atoms with Crippen molar-refractivity contribution in [2.45, 2.75) is 31.7 Å². The molecule has 4 nitrogen and oxygen atoms in total. The van der Waals surface area contributed by atoms with Gasteiger partial charge in [-0.15, -0.1) is 0 Å². The molecule has 4 heteroatoms. The molecular formula is C22H23N3O. The topological polar surface area (TPSA) is 70.9 Å². The zero-order valence-corrected chi connectivity index (χ0v) is 14.7. The number of hydrogen-bond acceptors (Lipinski definition) is 2. The van der Waals surface area contributed by atoms with Crippen molar-refractivity contribution >= 4 is 28.6 Å². The summed E-state index contributed by atoms with van der Waals surface area (Å²) in [5.41, 5.74) is 11.8. The van der Waals surface area contributed by atoms with Crippen molar-refractivity contribution in [1.82, 2.24) is 4.98 Å². The Bertz CT molecular complexity index is 956. The molecule has 0 saturated heterocycles. The van der Waals surface area contributed by atoms with Crippen LogP contribution in [0.2, 0.25) is 0 Å². The first-order valence-electron chi connectivity index (χ1n) is 9.09. The Hall–Kier alpha value is -2.85. The smallest absolute Gasteiger partial charge is 0.228 e. The van der Waals surface area contributed by atoms with E-state index in [0.717, 1.165) is 36.0 Å². The second-order valence-electron chi connectivity index (χ2n) is 6.91. The summed E-state index contributed by atoms with van der Waals surface area (Å²) < 4.78 is 0. The number of carbonyl (C=O) groups is 1. The third-order valence-electron chi connectivity index (χ3n) is 4.92. The number of benzene rings is 2. The van der Waals surface area contributed by atoms with Crippen molar-refractivity contribution in [3.63, 3.8) is 0 Å². The molecule has 0 spiro atoms. The normalized spacial score (nSPS) is 16.7. The number of carbonyl (C=O) groups excluding carboxylic acids is 1. The number of hydrogen-bond donors (Lipinski definition) is 3. The number of fused-ring (bicyclic) bond motifs is 3. The number of amides is 1. The van der Waals surface area contributed by atoms with E-state index < -0.39 is 0 Å². The lowest BCUT2D eigenvalue weighted by molar-refractivity contribution is -0.115. The SMILES string of the molecule is NC1CCc2[nH]c3ccc(NC(=O)C/C=C/c4ccccc4)cc3c2C1. The summed E-state index contributed by atoms with van der Waals surface area (Å²) in [6, 6.07) is 16.2. The average Bonchev–Trinajstić information content (AvgIpc) is 3.00. The van der Waals surface area contributed by atoms with Gasteiger partial charge >= 0.3 is 0 Å². The highest BCUT2D eigenvalue weighted by molar-refractivity contribution is 5.96. The zero-order chi connectivity index (χ0) is 17.9. The van der Waals surface area contributed by atoms with Crippen LogP contribution in [0.5, 0.6) is 0 Å². The van der Waals surface area contributed by atoms with Gasteiger partial charge in [0.15, 0.2) is 0 Å². The third kappa shape index (κ3) is 3.55. The molecule has 0 saturated carbocycles. The Kier molecular flexibility index (Phi) is 4.59. The standard InChI is InChI=1S/C22H23N3O/c23-16-9-11-20-18(13-16)19-14-17(10-12-21(19)25-20)24-22(26)8-4-7-15-5-2-1-3-6-15/h1-7,10,12,14,16,25H,8-9,11,13,23H2,(H,24,26)/b7-4+. The molecule has 1 heterocycles. The molecule has 2 aromatic carbocycles. The lowest BCUT2D eigenvalue weighted by Crippen LogP contribution is -2.27. The van der Waals surface area contributed by atoms with Crippen molar-refractivity contribution in [2.75, 3.05) is 5.32 Å². The second kappa shape index (κ2) is 7.18. The van der Waals surface area contributed by atoms with Crippen LogP contribution in [0.15, 0.2) is 54.6 Å². The van der Waals surface area contributed by atoms with Gasteiger partial charge in [0.1, 0.15) is 0 Å². The molecule has 0 bridgehead atoms. The summed E-state index contributed by atoms with van der Waals surface area (Å²) in [4.78, 5) is 15.7. The molecule has 1 aromatic heterocycles. The minimum atomic E-state index is -0.0161. The number of rotatable bonds is 4. The fourth-order valence-electron chi connectivity index (χ4n) is 3.60.